The molecule has 1 fully saturated rings. The third-order valence-electron chi connectivity index (χ3n) is 5.96. The number of ether oxygens (including phenoxy) is 2. The molecule has 1 N–H and O–H groups in total. The van der Waals surface area contributed by atoms with Gasteiger partial charge < -0.3 is 24.6 Å². The van der Waals surface area contributed by atoms with Gasteiger partial charge in [-0.2, -0.15) is 0 Å². The average molecular weight is 512 g/mol. The van der Waals surface area contributed by atoms with E-state index in [9.17, 15) is 4.79 Å². The highest BCUT2D eigenvalue weighted by Crippen LogP contribution is 2.32. The minimum atomic E-state index is -0.128. The number of likely N-dealkylation sites (N-methyl/N-ethyl adjacent to an activating group) is 1. The van der Waals surface area contributed by atoms with Gasteiger partial charge in [0.2, 0.25) is 6.79 Å². The molecule has 2 aromatic carbocycles. The molecule has 5 rings (SSSR count). The average Bonchev–Trinajstić information content (AvgIpc) is 3.34. The lowest BCUT2D eigenvalue weighted by Crippen LogP contribution is -2.44. The Bertz CT molecular complexity index is 1200. The van der Waals surface area contributed by atoms with Crippen LogP contribution in [0.2, 0.25) is 5.15 Å². The van der Waals surface area contributed by atoms with Crippen molar-refractivity contribution in [2.24, 2.45) is 0 Å². The van der Waals surface area contributed by atoms with Gasteiger partial charge in [-0.15, -0.1) is 0 Å². The van der Waals surface area contributed by atoms with E-state index in [0.29, 0.717) is 33.9 Å². The van der Waals surface area contributed by atoms with Crippen LogP contribution in [0.15, 0.2) is 53.7 Å². The Balaban J connectivity index is 1.15. The van der Waals surface area contributed by atoms with Gasteiger partial charge in [0.05, 0.1) is 0 Å². The highest BCUT2D eigenvalue weighted by Gasteiger charge is 2.17. The Morgan fingerprint density at radius 1 is 1.00 bits per heavy atom. The molecular formula is C25H26ClN5O3S. The van der Waals surface area contributed by atoms with Crippen molar-refractivity contribution in [2.75, 3.05) is 44.9 Å². The summed E-state index contributed by atoms with van der Waals surface area (Å²) < 4.78 is 10.7. The number of nitrogens with zero attached hydrogens (tertiary/aromatic N) is 4. The third kappa shape index (κ3) is 5.98. The molecule has 0 bridgehead atoms. The summed E-state index contributed by atoms with van der Waals surface area (Å²) in [5, 5.41) is 4.05. The summed E-state index contributed by atoms with van der Waals surface area (Å²) in [7, 11) is 2.12. The van der Waals surface area contributed by atoms with Gasteiger partial charge in [-0.05, 0) is 42.4 Å². The number of thioether (sulfide) groups is 1. The van der Waals surface area contributed by atoms with Crippen molar-refractivity contribution < 1.29 is 14.3 Å². The molecule has 2 aliphatic rings. The van der Waals surface area contributed by atoms with Crippen LogP contribution in [0.1, 0.15) is 21.5 Å². The minimum Gasteiger partial charge on any atom is -0.454 e. The molecule has 0 atom stereocenters. The summed E-state index contributed by atoms with van der Waals surface area (Å²) in [6, 6.07) is 15.1. The van der Waals surface area contributed by atoms with E-state index >= 15 is 0 Å². The van der Waals surface area contributed by atoms with Crippen LogP contribution >= 0.6 is 23.4 Å². The van der Waals surface area contributed by atoms with Crippen LogP contribution in [0.4, 0.5) is 5.82 Å². The number of amides is 1. The van der Waals surface area contributed by atoms with Gasteiger partial charge in [0.25, 0.3) is 5.91 Å². The van der Waals surface area contributed by atoms with Crippen LogP contribution in [0.3, 0.4) is 0 Å². The molecular weight excluding hydrogens is 486 g/mol. The number of aromatic nitrogens is 2. The van der Waals surface area contributed by atoms with Gasteiger partial charge in [0.15, 0.2) is 16.7 Å². The Morgan fingerprint density at radius 3 is 2.54 bits per heavy atom. The number of anilines is 1. The minimum absolute atomic E-state index is 0.128. The van der Waals surface area contributed by atoms with E-state index in [0.717, 1.165) is 48.9 Å². The van der Waals surface area contributed by atoms with Crippen LogP contribution in [-0.2, 0) is 12.3 Å². The first-order valence-corrected chi connectivity index (χ1v) is 12.8. The number of carbonyl (C=O) groups is 1. The standard InChI is InChI=1S/C25H26ClN5O3S/c1-30-8-10-31(11-9-30)23-13-22(26)28-25(29-23)35-15-17-2-5-19(6-3-17)24(32)27-14-18-4-7-20-21(12-18)34-16-33-20/h2-7,12-13H,8-11,14-16H2,1H3,(H,27,32). The maximum atomic E-state index is 12.6. The largest absolute Gasteiger partial charge is 0.454 e. The van der Waals surface area contributed by atoms with E-state index in [1.54, 1.807) is 0 Å². The lowest BCUT2D eigenvalue weighted by atomic mass is 10.1. The fourth-order valence-corrected chi connectivity index (χ4v) is 4.92. The molecule has 8 nitrogen and oxygen atoms in total. The van der Waals surface area contributed by atoms with E-state index in [4.69, 9.17) is 26.1 Å². The molecule has 1 amide bonds. The molecule has 35 heavy (non-hydrogen) atoms. The molecule has 2 aliphatic heterocycles. The topological polar surface area (TPSA) is 79.8 Å². The Hall–Kier alpha value is -3.01. The zero-order valence-electron chi connectivity index (χ0n) is 19.4. The molecule has 3 aromatic rings. The highest BCUT2D eigenvalue weighted by atomic mass is 35.5. The first-order chi connectivity index (χ1) is 17.0. The van der Waals surface area contributed by atoms with E-state index in [-0.39, 0.29) is 12.7 Å². The van der Waals surface area contributed by atoms with Crippen LogP contribution < -0.4 is 19.7 Å². The van der Waals surface area contributed by atoms with Crippen molar-refractivity contribution in [3.8, 4) is 11.5 Å². The fraction of sp³-hybridized carbons (Fsp3) is 0.320. The second-order valence-corrected chi connectivity index (χ2v) is 9.81. The Labute approximate surface area is 213 Å². The lowest BCUT2D eigenvalue weighted by molar-refractivity contribution is 0.0951. The van der Waals surface area contributed by atoms with Gasteiger partial charge in [0, 0.05) is 50.1 Å². The first kappa shape index (κ1) is 23.7. The number of piperazine rings is 1. The maximum absolute atomic E-state index is 12.6. The molecule has 0 spiro atoms. The fourth-order valence-electron chi connectivity index (χ4n) is 3.88. The number of halogens is 1. The van der Waals surface area contributed by atoms with Crippen molar-refractivity contribution >= 4 is 35.1 Å². The quantitative estimate of drug-likeness (QED) is 0.291. The lowest BCUT2D eigenvalue weighted by Gasteiger charge is -2.33. The van der Waals surface area contributed by atoms with Crippen molar-refractivity contribution in [1.29, 1.82) is 0 Å². The maximum Gasteiger partial charge on any atom is 0.251 e. The van der Waals surface area contributed by atoms with E-state index in [1.807, 2.05) is 48.5 Å². The summed E-state index contributed by atoms with van der Waals surface area (Å²) in [5.41, 5.74) is 2.64. The van der Waals surface area contributed by atoms with Crippen LogP contribution in [0.5, 0.6) is 11.5 Å². The Kier molecular flexibility index (Phi) is 7.26. The van der Waals surface area contributed by atoms with E-state index in [2.05, 4.69) is 27.1 Å². The molecule has 182 valence electrons. The van der Waals surface area contributed by atoms with Crippen molar-refractivity contribution in [1.82, 2.24) is 20.2 Å². The van der Waals surface area contributed by atoms with Crippen molar-refractivity contribution in [2.45, 2.75) is 17.5 Å². The number of carbonyl (C=O) groups excluding carboxylic acids is 1. The second-order valence-electron chi connectivity index (χ2n) is 8.48. The summed E-state index contributed by atoms with van der Waals surface area (Å²) in [5.74, 6) is 2.86. The normalized spacial score (nSPS) is 15.3. The molecule has 0 unspecified atom stereocenters. The summed E-state index contributed by atoms with van der Waals surface area (Å²) >= 11 is 7.81. The van der Waals surface area contributed by atoms with Crippen molar-refractivity contribution in [3.05, 3.63) is 70.4 Å². The molecule has 1 aromatic heterocycles. The summed E-state index contributed by atoms with van der Waals surface area (Å²) in [4.78, 5) is 26.2. The van der Waals surface area contributed by atoms with E-state index in [1.165, 1.54) is 11.8 Å². The molecule has 3 heterocycles. The van der Waals surface area contributed by atoms with Gasteiger partial charge >= 0.3 is 0 Å². The van der Waals surface area contributed by atoms with Crippen LogP contribution in [-0.4, -0.2) is 60.8 Å². The van der Waals surface area contributed by atoms with Crippen LogP contribution in [0, 0.1) is 0 Å². The third-order valence-corrected chi connectivity index (χ3v) is 7.07. The Morgan fingerprint density at radius 2 is 1.74 bits per heavy atom. The van der Waals surface area contributed by atoms with Crippen molar-refractivity contribution in [3.63, 3.8) is 0 Å². The predicted molar refractivity (Wildman–Crippen MR) is 136 cm³/mol. The number of fused-ring (bicyclic) bond motifs is 1. The highest BCUT2D eigenvalue weighted by molar-refractivity contribution is 7.98. The van der Waals surface area contributed by atoms with Gasteiger partial charge in [0.1, 0.15) is 11.0 Å². The first-order valence-electron chi connectivity index (χ1n) is 11.4. The number of rotatable bonds is 7. The number of hydrogen-bond acceptors (Lipinski definition) is 8. The van der Waals surface area contributed by atoms with E-state index < -0.39 is 0 Å². The summed E-state index contributed by atoms with van der Waals surface area (Å²) in [6.45, 7) is 4.49. The van der Waals surface area contributed by atoms with Gasteiger partial charge in [-0.1, -0.05) is 41.6 Å². The van der Waals surface area contributed by atoms with Crippen LogP contribution in [0.25, 0.3) is 0 Å². The monoisotopic (exact) mass is 511 g/mol. The number of benzene rings is 2. The molecule has 10 heteroatoms. The predicted octanol–water partition coefficient (Wildman–Crippen LogP) is 3.83. The zero-order chi connectivity index (χ0) is 24.2. The molecule has 0 radical (unpaired) electrons. The molecule has 1 saturated heterocycles. The number of hydrogen-bond donors (Lipinski definition) is 1. The molecule has 0 saturated carbocycles. The van der Waals surface area contributed by atoms with Gasteiger partial charge in [-0.3, -0.25) is 4.79 Å². The number of nitrogens with one attached hydrogen (secondary N) is 1. The smallest absolute Gasteiger partial charge is 0.251 e. The zero-order valence-corrected chi connectivity index (χ0v) is 20.9. The second kappa shape index (κ2) is 10.7. The summed E-state index contributed by atoms with van der Waals surface area (Å²) in [6.07, 6.45) is 0. The molecule has 0 aliphatic carbocycles. The van der Waals surface area contributed by atoms with Gasteiger partial charge in [-0.25, -0.2) is 9.97 Å². The SMILES string of the molecule is CN1CCN(c2cc(Cl)nc(SCc3ccc(C(=O)NCc4ccc5c(c4)OCO5)cc3)n2)CC1.